The fraction of sp³-hybridized carbons (Fsp3) is 0.500. The second-order valence-corrected chi connectivity index (χ2v) is 6.74. The van der Waals surface area contributed by atoms with Crippen LogP contribution in [0.2, 0.25) is 4.34 Å². The van der Waals surface area contributed by atoms with Crippen LogP contribution in [0.25, 0.3) is 0 Å². The van der Waals surface area contributed by atoms with Crippen molar-refractivity contribution in [1.29, 1.82) is 0 Å². The van der Waals surface area contributed by atoms with Crippen molar-refractivity contribution in [3.8, 4) is 0 Å². The maximum atomic E-state index is 6.16. The van der Waals surface area contributed by atoms with Crippen LogP contribution in [0, 0.1) is 0 Å². The van der Waals surface area contributed by atoms with Crippen LogP contribution in [0.4, 0.5) is 0 Å². The monoisotopic (exact) mass is 295 g/mol. The third-order valence-corrected chi connectivity index (χ3v) is 5.08. The molecule has 0 amide bonds. The van der Waals surface area contributed by atoms with Gasteiger partial charge in [-0.05, 0) is 37.3 Å². The summed E-state index contributed by atoms with van der Waals surface area (Å²) >= 11 is 7.89. The average Bonchev–Trinajstić information content (AvgIpc) is 3.03. The van der Waals surface area contributed by atoms with Crippen molar-refractivity contribution in [2.75, 3.05) is 0 Å². The lowest BCUT2D eigenvalue weighted by atomic mass is 9.93. The van der Waals surface area contributed by atoms with Crippen molar-refractivity contribution in [2.24, 2.45) is 0 Å². The number of H-pyrrole nitrogens is 1. The lowest BCUT2D eigenvalue weighted by Gasteiger charge is -2.27. The smallest absolute Gasteiger partial charge is 0.123 e. The molecular weight excluding hydrogens is 278 g/mol. The molecule has 2 aromatic rings. The first-order valence-electron chi connectivity index (χ1n) is 6.81. The standard InChI is InChI=1S/C14H18ClN3S/c1-2-10(14-16-6-7-17-14)18-11-4-3-5-12-9(11)8-13(15)19-12/h6-8,10-11,18H,2-5H2,1H3,(H,16,17). The van der Waals surface area contributed by atoms with Crippen LogP contribution in [-0.2, 0) is 6.42 Å². The number of nitrogens with zero attached hydrogens (tertiary/aromatic N) is 1. The van der Waals surface area contributed by atoms with Gasteiger partial charge in [-0.15, -0.1) is 11.3 Å². The molecule has 0 spiro atoms. The Kier molecular flexibility index (Phi) is 3.91. The van der Waals surface area contributed by atoms with E-state index < -0.39 is 0 Å². The number of fused-ring (bicyclic) bond motifs is 1. The largest absolute Gasteiger partial charge is 0.347 e. The summed E-state index contributed by atoms with van der Waals surface area (Å²) in [6.45, 7) is 2.19. The molecule has 19 heavy (non-hydrogen) atoms. The van der Waals surface area contributed by atoms with Crippen LogP contribution in [0.5, 0.6) is 0 Å². The van der Waals surface area contributed by atoms with E-state index in [4.69, 9.17) is 11.6 Å². The van der Waals surface area contributed by atoms with Crippen molar-refractivity contribution < 1.29 is 0 Å². The number of halogens is 1. The molecule has 2 N–H and O–H groups in total. The lowest BCUT2D eigenvalue weighted by Crippen LogP contribution is -2.29. The van der Waals surface area contributed by atoms with Crippen molar-refractivity contribution in [2.45, 2.75) is 44.7 Å². The molecule has 3 rings (SSSR count). The van der Waals surface area contributed by atoms with Crippen molar-refractivity contribution in [3.05, 3.63) is 39.1 Å². The van der Waals surface area contributed by atoms with E-state index in [2.05, 4.69) is 28.3 Å². The summed E-state index contributed by atoms with van der Waals surface area (Å²) < 4.78 is 0.907. The molecule has 0 bridgehead atoms. The molecular formula is C14H18ClN3S. The van der Waals surface area contributed by atoms with E-state index in [9.17, 15) is 0 Å². The van der Waals surface area contributed by atoms with Gasteiger partial charge in [0.15, 0.2) is 0 Å². The molecule has 2 aromatic heterocycles. The Bertz CT molecular complexity index is 535. The first-order chi connectivity index (χ1) is 9.28. The van der Waals surface area contributed by atoms with E-state index in [0.717, 1.165) is 16.6 Å². The highest BCUT2D eigenvalue weighted by Crippen LogP contribution is 2.38. The number of rotatable bonds is 4. The molecule has 0 aromatic carbocycles. The topological polar surface area (TPSA) is 40.7 Å². The number of hydrogen-bond acceptors (Lipinski definition) is 3. The van der Waals surface area contributed by atoms with E-state index >= 15 is 0 Å². The number of aryl methyl sites for hydroxylation is 1. The number of hydrogen-bond donors (Lipinski definition) is 2. The van der Waals surface area contributed by atoms with Gasteiger partial charge in [0, 0.05) is 23.3 Å². The average molecular weight is 296 g/mol. The minimum absolute atomic E-state index is 0.282. The summed E-state index contributed by atoms with van der Waals surface area (Å²) in [5.41, 5.74) is 1.39. The van der Waals surface area contributed by atoms with Gasteiger partial charge in [-0.25, -0.2) is 4.98 Å². The van der Waals surface area contributed by atoms with Gasteiger partial charge in [0.25, 0.3) is 0 Å². The summed E-state index contributed by atoms with van der Waals surface area (Å²) in [7, 11) is 0. The third kappa shape index (κ3) is 2.71. The first-order valence-corrected chi connectivity index (χ1v) is 8.00. The normalized spacial score (nSPS) is 20.2. The van der Waals surface area contributed by atoms with Crippen LogP contribution in [-0.4, -0.2) is 9.97 Å². The summed E-state index contributed by atoms with van der Waals surface area (Å²) in [5.74, 6) is 1.02. The minimum Gasteiger partial charge on any atom is -0.347 e. The van der Waals surface area contributed by atoms with Crippen molar-refractivity contribution >= 4 is 22.9 Å². The summed E-state index contributed by atoms with van der Waals surface area (Å²) in [6, 6.07) is 2.82. The number of nitrogens with one attached hydrogen (secondary N) is 2. The zero-order valence-electron chi connectivity index (χ0n) is 10.9. The molecule has 0 aliphatic heterocycles. The second kappa shape index (κ2) is 5.65. The quantitative estimate of drug-likeness (QED) is 0.885. The zero-order valence-corrected chi connectivity index (χ0v) is 12.5. The molecule has 5 heteroatoms. The van der Waals surface area contributed by atoms with Crippen LogP contribution in [0.15, 0.2) is 18.5 Å². The molecule has 0 radical (unpaired) electrons. The highest BCUT2D eigenvalue weighted by atomic mass is 35.5. The Morgan fingerprint density at radius 3 is 3.26 bits per heavy atom. The molecule has 2 unspecified atom stereocenters. The second-order valence-electron chi connectivity index (χ2n) is 4.98. The van der Waals surface area contributed by atoms with E-state index in [-0.39, 0.29) is 6.04 Å². The molecule has 0 fully saturated rings. The Morgan fingerprint density at radius 2 is 2.53 bits per heavy atom. The Morgan fingerprint density at radius 1 is 1.63 bits per heavy atom. The lowest BCUT2D eigenvalue weighted by molar-refractivity contribution is 0.386. The van der Waals surface area contributed by atoms with Gasteiger partial charge in [-0.2, -0.15) is 0 Å². The first kappa shape index (κ1) is 13.2. The summed E-state index contributed by atoms with van der Waals surface area (Å²) in [4.78, 5) is 9.03. The van der Waals surface area contributed by atoms with Gasteiger partial charge in [0.2, 0.25) is 0 Å². The van der Waals surface area contributed by atoms with Gasteiger partial charge in [-0.3, -0.25) is 0 Å². The van der Waals surface area contributed by atoms with Gasteiger partial charge < -0.3 is 10.3 Å². The predicted molar refractivity (Wildman–Crippen MR) is 79.8 cm³/mol. The molecule has 2 heterocycles. The Labute approximate surface area is 122 Å². The maximum absolute atomic E-state index is 6.16. The fourth-order valence-electron chi connectivity index (χ4n) is 2.80. The van der Waals surface area contributed by atoms with Gasteiger partial charge >= 0.3 is 0 Å². The maximum Gasteiger partial charge on any atom is 0.123 e. The van der Waals surface area contributed by atoms with Crippen LogP contribution in [0.1, 0.15) is 54.5 Å². The number of aromatic amines is 1. The summed E-state index contributed by atoms with van der Waals surface area (Å²) in [6.07, 6.45) is 8.30. The molecule has 102 valence electrons. The van der Waals surface area contributed by atoms with Crippen molar-refractivity contribution in [3.63, 3.8) is 0 Å². The number of thiophene rings is 1. The highest BCUT2D eigenvalue weighted by Gasteiger charge is 2.25. The molecule has 0 saturated carbocycles. The number of imidazole rings is 1. The van der Waals surface area contributed by atoms with Crippen LogP contribution >= 0.6 is 22.9 Å². The molecule has 1 aliphatic rings. The van der Waals surface area contributed by atoms with E-state index in [1.807, 2.05) is 12.4 Å². The zero-order chi connectivity index (χ0) is 13.2. The molecule has 0 saturated heterocycles. The molecule has 2 atom stereocenters. The Hall–Kier alpha value is -0.840. The van der Waals surface area contributed by atoms with Gasteiger partial charge in [0.1, 0.15) is 5.82 Å². The van der Waals surface area contributed by atoms with Crippen molar-refractivity contribution in [1.82, 2.24) is 15.3 Å². The van der Waals surface area contributed by atoms with Crippen LogP contribution in [0.3, 0.4) is 0 Å². The minimum atomic E-state index is 0.282. The SMILES string of the molecule is CCC(NC1CCCc2sc(Cl)cc21)c1ncc[nH]1. The highest BCUT2D eigenvalue weighted by molar-refractivity contribution is 7.16. The summed E-state index contributed by atoms with van der Waals surface area (Å²) in [5, 5.41) is 3.73. The van der Waals surface area contributed by atoms with Gasteiger partial charge in [-0.1, -0.05) is 18.5 Å². The third-order valence-electron chi connectivity index (χ3n) is 3.74. The van der Waals surface area contributed by atoms with Crippen LogP contribution < -0.4 is 5.32 Å². The van der Waals surface area contributed by atoms with E-state index in [0.29, 0.717) is 6.04 Å². The number of aromatic nitrogens is 2. The van der Waals surface area contributed by atoms with Gasteiger partial charge in [0.05, 0.1) is 10.4 Å². The molecule has 3 nitrogen and oxygen atoms in total. The van der Waals surface area contributed by atoms with E-state index in [1.165, 1.54) is 29.7 Å². The van der Waals surface area contributed by atoms with E-state index in [1.54, 1.807) is 11.3 Å². The Balaban J connectivity index is 1.80. The molecule has 1 aliphatic carbocycles. The predicted octanol–water partition coefficient (Wildman–Crippen LogP) is 4.24. The fourth-order valence-corrected chi connectivity index (χ4v) is 4.18.